The van der Waals surface area contributed by atoms with Crippen molar-refractivity contribution in [3.8, 4) is 0 Å². The van der Waals surface area contributed by atoms with Gasteiger partial charge in [-0.2, -0.15) is 0 Å². The molecule has 0 aliphatic carbocycles. The van der Waals surface area contributed by atoms with Crippen LogP contribution in [0.15, 0.2) is 30.9 Å². The molecule has 0 aromatic heterocycles. The van der Waals surface area contributed by atoms with Crippen LogP contribution in [0.2, 0.25) is 5.02 Å². The molecule has 1 N–H and O–H groups in total. The lowest BCUT2D eigenvalue weighted by atomic mass is 10.0. The molecule has 0 amide bonds. The second-order valence-corrected chi connectivity index (χ2v) is 4.80. The minimum absolute atomic E-state index is 0.334. The Bertz CT molecular complexity index is 360. The summed E-state index contributed by atoms with van der Waals surface area (Å²) >= 11 is 6.32. The zero-order valence-electron chi connectivity index (χ0n) is 10.8. The number of allylic oxidation sites excluding steroid dienone is 1. The predicted octanol–water partition coefficient (Wildman–Crippen LogP) is 4.66. The molecule has 0 bridgehead atoms. The summed E-state index contributed by atoms with van der Waals surface area (Å²) in [6, 6.07) is 6.62. The van der Waals surface area contributed by atoms with E-state index in [1.807, 2.05) is 12.1 Å². The van der Waals surface area contributed by atoms with Crippen LogP contribution in [0.5, 0.6) is 0 Å². The van der Waals surface area contributed by atoms with E-state index in [1.54, 1.807) is 0 Å². The molecule has 1 aromatic rings. The zero-order valence-corrected chi connectivity index (χ0v) is 11.6. The highest BCUT2D eigenvalue weighted by Gasteiger charge is 2.13. The molecule has 0 aliphatic heterocycles. The predicted molar refractivity (Wildman–Crippen MR) is 76.7 cm³/mol. The van der Waals surface area contributed by atoms with Crippen molar-refractivity contribution in [2.75, 3.05) is 6.54 Å². The van der Waals surface area contributed by atoms with E-state index in [2.05, 4.69) is 37.9 Å². The number of rotatable bonds is 7. The quantitative estimate of drug-likeness (QED) is 0.696. The first-order valence-corrected chi connectivity index (χ1v) is 6.67. The van der Waals surface area contributed by atoms with Gasteiger partial charge in [-0.05, 0) is 49.9 Å². The average Bonchev–Trinajstić information content (AvgIpc) is 2.30. The Balaban J connectivity index is 2.82. The van der Waals surface area contributed by atoms with E-state index >= 15 is 0 Å². The van der Waals surface area contributed by atoms with Crippen LogP contribution in [0.4, 0.5) is 0 Å². The van der Waals surface area contributed by atoms with Gasteiger partial charge in [0.25, 0.3) is 0 Å². The Kier molecular flexibility index (Phi) is 6.31. The lowest BCUT2D eigenvalue weighted by Crippen LogP contribution is -2.22. The van der Waals surface area contributed by atoms with Crippen molar-refractivity contribution < 1.29 is 0 Å². The Hall–Kier alpha value is -0.790. The molecule has 17 heavy (non-hydrogen) atoms. The third kappa shape index (κ3) is 4.53. The highest BCUT2D eigenvalue weighted by atomic mass is 35.5. The lowest BCUT2D eigenvalue weighted by Gasteiger charge is -2.20. The first-order chi connectivity index (χ1) is 8.19. The van der Waals surface area contributed by atoms with Gasteiger partial charge in [0, 0.05) is 11.1 Å². The molecule has 0 radical (unpaired) electrons. The van der Waals surface area contributed by atoms with E-state index in [-0.39, 0.29) is 0 Å². The van der Waals surface area contributed by atoms with Crippen LogP contribution in [-0.4, -0.2) is 6.54 Å². The molecule has 2 heteroatoms. The highest BCUT2D eigenvalue weighted by Crippen LogP contribution is 2.27. The molecule has 0 fully saturated rings. The van der Waals surface area contributed by atoms with Crippen molar-refractivity contribution in [2.45, 2.75) is 39.2 Å². The van der Waals surface area contributed by atoms with E-state index in [1.165, 1.54) is 11.1 Å². The molecule has 94 valence electrons. The van der Waals surface area contributed by atoms with Crippen molar-refractivity contribution in [1.29, 1.82) is 0 Å². The van der Waals surface area contributed by atoms with Crippen LogP contribution in [0.1, 0.15) is 43.4 Å². The molecule has 1 aromatic carbocycles. The smallest absolute Gasteiger partial charge is 0.0456 e. The summed E-state index contributed by atoms with van der Waals surface area (Å²) in [5, 5.41) is 4.41. The van der Waals surface area contributed by atoms with Gasteiger partial charge in [0.05, 0.1) is 0 Å². The number of hydrogen-bond acceptors (Lipinski definition) is 1. The number of benzene rings is 1. The third-order valence-corrected chi connectivity index (χ3v) is 3.16. The maximum Gasteiger partial charge on any atom is 0.0456 e. The van der Waals surface area contributed by atoms with Gasteiger partial charge in [-0.1, -0.05) is 36.7 Å². The van der Waals surface area contributed by atoms with E-state index < -0.39 is 0 Å². The van der Waals surface area contributed by atoms with Gasteiger partial charge < -0.3 is 5.32 Å². The van der Waals surface area contributed by atoms with Crippen LogP contribution < -0.4 is 5.32 Å². The summed E-state index contributed by atoms with van der Waals surface area (Å²) in [6.45, 7) is 9.04. The van der Waals surface area contributed by atoms with Crippen LogP contribution in [0.25, 0.3) is 0 Å². The SMILES string of the molecule is C=CCCC(NCCC)c1ccc(C)cc1Cl. The van der Waals surface area contributed by atoms with Gasteiger partial charge in [-0.25, -0.2) is 0 Å². The maximum atomic E-state index is 6.32. The Labute approximate surface area is 110 Å². The topological polar surface area (TPSA) is 12.0 Å². The monoisotopic (exact) mass is 251 g/mol. The average molecular weight is 252 g/mol. The minimum Gasteiger partial charge on any atom is -0.310 e. The standard InChI is InChI=1S/C15H22ClN/c1-4-6-7-15(17-10-5-2)13-9-8-12(3)11-14(13)16/h4,8-9,11,15,17H,1,5-7,10H2,2-3H3. The number of nitrogens with one attached hydrogen (secondary N) is 1. The molecule has 1 atom stereocenters. The van der Waals surface area contributed by atoms with Crippen LogP contribution in [0.3, 0.4) is 0 Å². The van der Waals surface area contributed by atoms with Gasteiger partial charge >= 0.3 is 0 Å². The van der Waals surface area contributed by atoms with E-state index in [9.17, 15) is 0 Å². The van der Waals surface area contributed by atoms with Gasteiger partial charge in [0.1, 0.15) is 0 Å². The van der Waals surface area contributed by atoms with Crippen LogP contribution >= 0.6 is 11.6 Å². The second kappa shape index (κ2) is 7.52. The molecule has 1 rings (SSSR count). The normalized spacial score (nSPS) is 12.4. The number of aryl methyl sites for hydroxylation is 1. The van der Waals surface area contributed by atoms with Gasteiger partial charge in [-0.15, -0.1) is 6.58 Å². The molecule has 0 spiro atoms. The summed E-state index contributed by atoms with van der Waals surface area (Å²) in [4.78, 5) is 0. The van der Waals surface area contributed by atoms with Gasteiger partial charge in [0.2, 0.25) is 0 Å². The first kappa shape index (κ1) is 14.3. The van der Waals surface area contributed by atoms with E-state index in [4.69, 9.17) is 11.6 Å². The second-order valence-electron chi connectivity index (χ2n) is 4.40. The molecule has 1 nitrogen and oxygen atoms in total. The maximum absolute atomic E-state index is 6.32. The fraction of sp³-hybridized carbons (Fsp3) is 0.467. The van der Waals surface area contributed by atoms with Gasteiger partial charge in [0.15, 0.2) is 0 Å². The van der Waals surface area contributed by atoms with E-state index in [0.29, 0.717) is 6.04 Å². The largest absolute Gasteiger partial charge is 0.310 e. The van der Waals surface area contributed by atoms with Crippen LogP contribution in [-0.2, 0) is 0 Å². The molecule has 0 saturated carbocycles. The Morgan fingerprint density at radius 2 is 2.24 bits per heavy atom. The Morgan fingerprint density at radius 3 is 2.82 bits per heavy atom. The summed E-state index contributed by atoms with van der Waals surface area (Å²) in [5.74, 6) is 0. The zero-order chi connectivity index (χ0) is 12.7. The van der Waals surface area contributed by atoms with E-state index in [0.717, 1.165) is 30.8 Å². The number of halogens is 1. The van der Waals surface area contributed by atoms with Crippen molar-refractivity contribution in [3.63, 3.8) is 0 Å². The summed E-state index contributed by atoms with van der Waals surface area (Å²) in [6.07, 6.45) is 5.15. The van der Waals surface area contributed by atoms with Gasteiger partial charge in [-0.3, -0.25) is 0 Å². The molecule has 0 aliphatic rings. The summed E-state index contributed by atoms with van der Waals surface area (Å²) in [7, 11) is 0. The highest BCUT2D eigenvalue weighted by molar-refractivity contribution is 6.31. The molecule has 0 saturated heterocycles. The fourth-order valence-corrected chi connectivity index (χ4v) is 2.25. The first-order valence-electron chi connectivity index (χ1n) is 6.29. The molecule has 0 heterocycles. The third-order valence-electron chi connectivity index (χ3n) is 2.83. The summed E-state index contributed by atoms with van der Waals surface area (Å²) in [5.41, 5.74) is 2.41. The summed E-state index contributed by atoms with van der Waals surface area (Å²) < 4.78 is 0. The van der Waals surface area contributed by atoms with Crippen molar-refractivity contribution in [2.24, 2.45) is 0 Å². The Morgan fingerprint density at radius 1 is 1.47 bits per heavy atom. The molecular weight excluding hydrogens is 230 g/mol. The van der Waals surface area contributed by atoms with Crippen molar-refractivity contribution in [3.05, 3.63) is 47.0 Å². The minimum atomic E-state index is 0.334. The van der Waals surface area contributed by atoms with Crippen molar-refractivity contribution >= 4 is 11.6 Å². The lowest BCUT2D eigenvalue weighted by molar-refractivity contribution is 0.503. The van der Waals surface area contributed by atoms with Crippen molar-refractivity contribution in [1.82, 2.24) is 5.32 Å². The number of hydrogen-bond donors (Lipinski definition) is 1. The molecular formula is C15H22ClN. The molecule has 1 unspecified atom stereocenters. The fourth-order valence-electron chi connectivity index (χ4n) is 1.89. The van der Waals surface area contributed by atoms with Crippen LogP contribution in [0, 0.1) is 6.92 Å².